The predicted octanol–water partition coefficient (Wildman–Crippen LogP) is 2.85. The molecule has 0 saturated heterocycles. The van der Waals surface area contributed by atoms with E-state index in [4.69, 9.17) is 0 Å². The Labute approximate surface area is 116 Å². The normalized spacial score (nSPS) is 11.0. The zero-order chi connectivity index (χ0) is 15.9. The van der Waals surface area contributed by atoms with Crippen molar-refractivity contribution in [2.45, 2.75) is 13.3 Å². The molecule has 0 unspecified atom stereocenters. The van der Waals surface area contributed by atoms with Gasteiger partial charge in [-0.1, -0.05) is 0 Å². The number of hydrogen-bond donors (Lipinski definition) is 0. The second-order valence-corrected chi connectivity index (χ2v) is 4.45. The van der Waals surface area contributed by atoms with Gasteiger partial charge in [0.25, 0.3) is 0 Å². The van der Waals surface area contributed by atoms with Gasteiger partial charge < -0.3 is 0 Å². The third-order valence-corrected chi connectivity index (χ3v) is 2.93. The standard InChI is InChI=1S/C13H9F5N2O/c1-5-3-6(20(2)19-5)4-7(21)8-9(14)11(16)13(18)12(17)10(8)15/h3H,4H2,1-2H3. The van der Waals surface area contributed by atoms with E-state index in [1.54, 1.807) is 6.92 Å². The molecule has 8 heteroatoms. The molecule has 1 aromatic heterocycles. The summed E-state index contributed by atoms with van der Waals surface area (Å²) in [6.45, 7) is 1.63. The maximum atomic E-state index is 13.5. The molecule has 0 saturated carbocycles. The molecule has 2 rings (SSSR count). The lowest BCUT2D eigenvalue weighted by Gasteiger charge is -2.07. The minimum absolute atomic E-state index is 0.293. The van der Waals surface area contributed by atoms with Crippen LogP contribution in [0.15, 0.2) is 6.07 Å². The van der Waals surface area contributed by atoms with Crippen LogP contribution in [0.4, 0.5) is 22.0 Å². The van der Waals surface area contributed by atoms with Crippen LogP contribution in [-0.2, 0) is 13.5 Å². The second kappa shape index (κ2) is 5.27. The zero-order valence-electron chi connectivity index (χ0n) is 11.0. The van der Waals surface area contributed by atoms with Gasteiger partial charge >= 0.3 is 0 Å². The quantitative estimate of drug-likeness (QED) is 0.378. The van der Waals surface area contributed by atoms with E-state index in [0.717, 1.165) is 0 Å². The van der Waals surface area contributed by atoms with Gasteiger partial charge in [0, 0.05) is 12.7 Å². The van der Waals surface area contributed by atoms with E-state index in [1.807, 2.05) is 0 Å². The van der Waals surface area contributed by atoms with Gasteiger partial charge in [-0.15, -0.1) is 0 Å². The van der Waals surface area contributed by atoms with Gasteiger partial charge in [0.05, 0.1) is 17.7 Å². The van der Waals surface area contributed by atoms with Crippen LogP contribution in [0.3, 0.4) is 0 Å². The summed E-state index contributed by atoms with van der Waals surface area (Å²) in [7, 11) is 1.49. The molecular formula is C13H9F5N2O. The predicted molar refractivity (Wildman–Crippen MR) is 62.2 cm³/mol. The van der Waals surface area contributed by atoms with Crippen molar-refractivity contribution in [2.24, 2.45) is 7.05 Å². The number of aromatic nitrogens is 2. The number of aryl methyl sites for hydroxylation is 2. The minimum atomic E-state index is -2.29. The highest BCUT2D eigenvalue weighted by Gasteiger charge is 2.29. The molecule has 0 amide bonds. The largest absolute Gasteiger partial charge is 0.294 e. The smallest absolute Gasteiger partial charge is 0.200 e. The molecule has 1 heterocycles. The molecule has 2 aromatic rings. The summed E-state index contributed by atoms with van der Waals surface area (Å²) in [5.74, 6) is -12.0. The van der Waals surface area contributed by atoms with Crippen molar-refractivity contribution in [3.8, 4) is 0 Å². The van der Waals surface area contributed by atoms with Gasteiger partial charge in [0.15, 0.2) is 29.1 Å². The van der Waals surface area contributed by atoms with Crippen molar-refractivity contribution >= 4 is 5.78 Å². The van der Waals surface area contributed by atoms with Crippen molar-refractivity contribution in [3.05, 3.63) is 52.1 Å². The summed E-state index contributed by atoms with van der Waals surface area (Å²) >= 11 is 0. The summed E-state index contributed by atoms with van der Waals surface area (Å²) in [6, 6.07) is 1.48. The molecule has 0 aliphatic rings. The van der Waals surface area contributed by atoms with Crippen molar-refractivity contribution in [1.82, 2.24) is 9.78 Å². The van der Waals surface area contributed by atoms with E-state index in [0.29, 0.717) is 11.4 Å². The van der Waals surface area contributed by atoms with Crippen LogP contribution in [0.2, 0.25) is 0 Å². The fraction of sp³-hybridized carbons (Fsp3) is 0.231. The Balaban J connectivity index is 2.47. The molecule has 1 aromatic carbocycles. The average molecular weight is 304 g/mol. The third kappa shape index (κ3) is 2.53. The lowest BCUT2D eigenvalue weighted by Crippen LogP contribution is -2.16. The topological polar surface area (TPSA) is 34.9 Å². The van der Waals surface area contributed by atoms with Gasteiger partial charge in [-0.2, -0.15) is 5.10 Å². The first-order chi connectivity index (χ1) is 9.73. The van der Waals surface area contributed by atoms with Gasteiger partial charge in [0.2, 0.25) is 5.82 Å². The highest BCUT2D eigenvalue weighted by Crippen LogP contribution is 2.24. The molecule has 0 bridgehead atoms. The molecule has 112 valence electrons. The number of benzene rings is 1. The second-order valence-electron chi connectivity index (χ2n) is 4.45. The Morgan fingerprint density at radius 2 is 1.52 bits per heavy atom. The fourth-order valence-electron chi connectivity index (χ4n) is 1.93. The number of carbonyl (C=O) groups excluding carboxylic acids is 1. The van der Waals surface area contributed by atoms with E-state index < -0.39 is 46.9 Å². The van der Waals surface area contributed by atoms with E-state index in [2.05, 4.69) is 5.10 Å². The number of Topliss-reactive ketones (excluding diaryl/α,β-unsaturated/α-hetero) is 1. The fourth-order valence-corrected chi connectivity index (χ4v) is 1.93. The average Bonchev–Trinajstić information content (AvgIpc) is 2.72. The summed E-state index contributed by atoms with van der Waals surface area (Å²) in [6.07, 6.45) is -0.532. The molecule has 0 atom stereocenters. The van der Waals surface area contributed by atoms with Crippen molar-refractivity contribution < 1.29 is 26.7 Å². The maximum absolute atomic E-state index is 13.5. The molecule has 21 heavy (non-hydrogen) atoms. The van der Waals surface area contributed by atoms with E-state index >= 15 is 0 Å². The van der Waals surface area contributed by atoms with Crippen LogP contribution in [0.5, 0.6) is 0 Å². The van der Waals surface area contributed by atoms with Crippen LogP contribution in [0, 0.1) is 36.0 Å². The SMILES string of the molecule is Cc1cc(CC(=O)c2c(F)c(F)c(F)c(F)c2F)n(C)n1. The van der Waals surface area contributed by atoms with Crippen LogP contribution >= 0.6 is 0 Å². The molecule has 0 radical (unpaired) electrons. The summed E-state index contributed by atoms with van der Waals surface area (Å²) in [5.41, 5.74) is -0.593. The molecule has 0 spiro atoms. The van der Waals surface area contributed by atoms with E-state index in [9.17, 15) is 26.7 Å². The van der Waals surface area contributed by atoms with Crippen LogP contribution in [0.25, 0.3) is 0 Å². The van der Waals surface area contributed by atoms with Crippen LogP contribution < -0.4 is 0 Å². The van der Waals surface area contributed by atoms with Crippen LogP contribution in [0.1, 0.15) is 21.7 Å². The number of hydrogen-bond acceptors (Lipinski definition) is 2. The van der Waals surface area contributed by atoms with E-state index in [1.165, 1.54) is 17.8 Å². The Hall–Kier alpha value is -2.25. The van der Waals surface area contributed by atoms with Gasteiger partial charge in [-0.25, -0.2) is 22.0 Å². The first-order valence-corrected chi connectivity index (χ1v) is 5.78. The van der Waals surface area contributed by atoms with Gasteiger partial charge in [-0.3, -0.25) is 9.48 Å². The monoisotopic (exact) mass is 304 g/mol. The highest BCUT2D eigenvalue weighted by atomic mass is 19.2. The number of rotatable bonds is 3. The Bertz CT molecular complexity index is 710. The lowest BCUT2D eigenvalue weighted by molar-refractivity contribution is 0.0979. The number of ketones is 1. The number of carbonyl (C=O) groups is 1. The summed E-state index contributed by atoms with van der Waals surface area (Å²) in [5, 5.41) is 3.92. The lowest BCUT2D eigenvalue weighted by atomic mass is 10.0. The Morgan fingerprint density at radius 3 is 1.95 bits per heavy atom. The van der Waals surface area contributed by atoms with Crippen LogP contribution in [-0.4, -0.2) is 15.6 Å². The highest BCUT2D eigenvalue weighted by molar-refractivity contribution is 5.97. The molecule has 0 aliphatic heterocycles. The first kappa shape index (κ1) is 15.1. The molecule has 0 aliphatic carbocycles. The van der Waals surface area contributed by atoms with Crippen molar-refractivity contribution in [2.75, 3.05) is 0 Å². The minimum Gasteiger partial charge on any atom is -0.294 e. The van der Waals surface area contributed by atoms with Gasteiger partial charge in [0.1, 0.15) is 0 Å². The van der Waals surface area contributed by atoms with Crippen molar-refractivity contribution in [3.63, 3.8) is 0 Å². The maximum Gasteiger partial charge on any atom is 0.200 e. The molecule has 0 fully saturated rings. The number of halogens is 5. The molecule has 0 N–H and O–H groups in total. The van der Waals surface area contributed by atoms with Gasteiger partial charge in [-0.05, 0) is 13.0 Å². The Kier molecular flexibility index (Phi) is 3.80. The third-order valence-electron chi connectivity index (χ3n) is 2.93. The van der Waals surface area contributed by atoms with E-state index in [-0.39, 0.29) is 0 Å². The van der Waals surface area contributed by atoms with Crippen molar-refractivity contribution in [1.29, 1.82) is 0 Å². The first-order valence-electron chi connectivity index (χ1n) is 5.78. The zero-order valence-corrected chi connectivity index (χ0v) is 11.0. The summed E-state index contributed by atoms with van der Waals surface area (Å²) < 4.78 is 67.3. The molecular weight excluding hydrogens is 295 g/mol. The number of nitrogens with zero attached hydrogens (tertiary/aromatic N) is 2. The Morgan fingerprint density at radius 1 is 1.05 bits per heavy atom. The summed E-state index contributed by atoms with van der Waals surface area (Å²) in [4.78, 5) is 11.9. The molecule has 3 nitrogen and oxygen atoms in total.